The lowest BCUT2D eigenvalue weighted by atomic mass is 10.2. The fourth-order valence-corrected chi connectivity index (χ4v) is 1.92. The van der Waals surface area contributed by atoms with Gasteiger partial charge in [-0.1, -0.05) is 6.07 Å². The van der Waals surface area contributed by atoms with Gasteiger partial charge in [-0.05, 0) is 48.9 Å². The van der Waals surface area contributed by atoms with Gasteiger partial charge in [0.25, 0.3) is 0 Å². The lowest BCUT2D eigenvalue weighted by Gasteiger charge is -2.06. The molecule has 0 unspecified atom stereocenters. The molecule has 0 aliphatic carbocycles. The molecule has 0 spiro atoms. The van der Waals surface area contributed by atoms with Crippen molar-refractivity contribution >= 4 is 11.0 Å². The molecular weight excluding hydrogens is 252 g/mol. The van der Waals surface area contributed by atoms with Crippen molar-refractivity contribution in [3.8, 4) is 17.4 Å². The SMILES string of the molecule is COc1ccc(Oc2cnc3cc(C)ccc3n2)cc1. The third-order valence-corrected chi connectivity index (χ3v) is 2.96. The van der Waals surface area contributed by atoms with Crippen molar-refractivity contribution in [3.63, 3.8) is 0 Å². The van der Waals surface area contributed by atoms with Crippen LogP contribution in [0.25, 0.3) is 11.0 Å². The molecule has 3 aromatic rings. The molecule has 0 bridgehead atoms. The van der Waals surface area contributed by atoms with Crippen molar-refractivity contribution in [3.05, 3.63) is 54.2 Å². The van der Waals surface area contributed by atoms with Crippen LogP contribution < -0.4 is 9.47 Å². The Morgan fingerprint density at radius 1 is 0.900 bits per heavy atom. The Balaban J connectivity index is 1.88. The lowest BCUT2D eigenvalue weighted by molar-refractivity contribution is 0.412. The number of ether oxygens (including phenoxy) is 2. The van der Waals surface area contributed by atoms with Gasteiger partial charge in [-0.2, -0.15) is 0 Å². The summed E-state index contributed by atoms with van der Waals surface area (Å²) in [6, 6.07) is 13.3. The average molecular weight is 266 g/mol. The zero-order valence-corrected chi connectivity index (χ0v) is 11.3. The highest BCUT2D eigenvalue weighted by atomic mass is 16.5. The molecule has 1 heterocycles. The van der Waals surface area contributed by atoms with E-state index in [-0.39, 0.29) is 0 Å². The monoisotopic (exact) mass is 266 g/mol. The first-order chi connectivity index (χ1) is 9.74. The lowest BCUT2D eigenvalue weighted by Crippen LogP contribution is -1.91. The van der Waals surface area contributed by atoms with Gasteiger partial charge in [-0.15, -0.1) is 0 Å². The number of hydrogen-bond donors (Lipinski definition) is 0. The molecule has 4 nitrogen and oxygen atoms in total. The molecule has 2 aromatic carbocycles. The first-order valence-corrected chi connectivity index (χ1v) is 6.30. The maximum absolute atomic E-state index is 5.69. The van der Waals surface area contributed by atoms with Crippen molar-refractivity contribution < 1.29 is 9.47 Å². The summed E-state index contributed by atoms with van der Waals surface area (Å²) in [5, 5.41) is 0. The van der Waals surface area contributed by atoms with Gasteiger partial charge in [0, 0.05) is 0 Å². The van der Waals surface area contributed by atoms with Crippen LogP contribution >= 0.6 is 0 Å². The summed E-state index contributed by atoms with van der Waals surface area (Å²) >= 11 is 0. The first-order valence-electron chi connectivity index (χ1n) is 6.30. The minimum Gasteiger partial charge on any atom is -0.497 e. The third-order valence-electron chi connectivity index (χ3n) is 2.96. The molecule has 20 heavy (non-hydrogen) atoms. The molecule has 0 aliphatic heterocycles. The zero-order chi connectivity index (χ0) is 13.9. The highest BCUT2D eigenvalue weighted by Crippen LogP contribution is 2.23. The fraction of sp³-hybridized carbons (Fsp3) is 0.125. The maximum atomic E-state index is 5.69. The standard InChI is InChI=1S/C16H14N2O2/c1-11-3-8-14-15(9-11)17-10-16(18-14)20-13-6-4-12(19-2)5-7-13/h3-10H,1-2H3. The molecule has 0 aliphatic rings. The van der Waals surface area contributed by atoms with E-state index in [4.69, 9.17) is 9.47 Å². The molecule has 0 saturated heterocycles. The molecular formula is C16H14N2O2. The summed E-state index contributed by atoms with van der Waals surface area (Å²) in [6.07, 6.45) is 1.63. The van der Waals surface area contributed by atoms with Crippen LogP contribution in [0.15, 0.2) is 48.7 Å². The summed E-state index contributed by atoms with van der Waals surface area (Å²) in [4.78, 5) is 8.80. The number of nitrogens with zero attached hydrogens (tertiary/aromatic N) is 2. The Morgan fingerprint density at radius 3 is 2.40 bits per heavy atom. The van der Waals surface area contributed by atoms with E-state index in [1.807, 2.05) is 49.4 Å². The van der Waals surface area contributed by atoms with Gasteiger partial charge >= 0.3 is 0 Å². The second-order valence-electron chi connectivity index (χ2n) is 4.48. The van der Waals surface area contributed by atoms with Gasteiger partial charge in [-0.3, -0.25) is 0 Å². The number of aromatic nitrogens is 2. The van der Waals surface area contributed by atoms with Crippen molar-refractivity contribution in [2.24, 2.45) is 0 Å². The van der Waals surface area contributed by atoms with Gasteiger partial charge in [-0.25, -0.2) is 9.97 Å². The van der Waals surface area contributed by atoms with E-state index >= 15 is 0 Å². The maximum Gasteiger partial charge on any atom is 0.238 e. The molecule has 1 aromatic heterocycles. The van der Waals surface area contributed by atoms with Crippen LogP contribution in [-0.2, 0) is 0 Å². The van der Waals surface area contributed by atoms with Crippen molar-refractivity contribution in [2.75, 3.05) is 7.11 Å². The summed E-state index contributed by atoms with van der Waals surface area (Å²) in [5.74, 6) is 1.97. The molecule has 100 valence electrons. The van der Waals surface area contributed by atoms with Crippen LogP contribution in [0.1, 0.15) is 5.56 Å². The number of benzene rings is 2. The number of hydrogen-bond acceptors (Lipinski definition) is 4. The molecule has 0 fully saturated rings. The Labute approximate surface area is 117 Å². The summed E-state index contributed by atoms with van der Waals surface area (Å²) in [7, 11) is 1.63. The molecule has 0 radical (unpaired) electrons. The minimum atomic E-state index is 0.478. The van der Waals surface area contributed by atoms with E-state index in [0.29, 0.717) is 11.6 Å². The second-order valence-corrected chi connectivity index (χ2v) is 4.48. The van der Waals surface area contributed by atoms with Crippen molar-refractivity contribution in [2.45, 2.75) is 6.92 Å². The quantitative estimate of drug-likeness (QED) is 0.724. The zero-order valence-electron chi connectivity index (χ0n) is 11.3. The van der Waals surface area contributed by atoms with Crippen LogP contribution in [0.4, 0.5) is 0 Å². The molecule has 0 saturated carbocycles. The third kappa shape index (κ3) is 2.54. The Morgan fingerprint density at radius 2 is 1.65 bits per heavy atom. The Kier molecular flexibility index (Phi) is 3.21. The highest BCUT2D eigenvalue weighted by molar-refractivity contribution is 5.75. The minimum absolute atomic E-state index is 0.478. The largest absolute Gasteiger partial charge is 0.497 e. The molecule has 0 amide bonds. The smallest absolute Gasteiger partial charge is 0.238 e. The Hall–Kier alpha value is -2.62. The Bertz CT molecular complexity index is 739. The van der Waals surface area contributed by atoms with Crippen LogP contribution in [0.3, 0.4) is 0 Å². The predicted molar refractivity (Wildman–Crippen MR) is 77.3 cm³/mol. The summed E-state index contributed by atoms with van der Waals surface area (Å²) < 4.78 is 10.8. The van der Waals surface area contributed by atoms with Gasteiger partial charge in [0.2, 0.25) is 5.88 Å². The molecule has 0 N–H and O–H groups in total. The number of rotatable bonds is 3. The van der Waals surface area contributed by atoms with Crippen molar-refractivity contribution in [1.82, 2.24) is 9.97 Å². The topological polar surface area (TPSA) is 44.2 Å². The number of fused-ring (bicyclic) bond motifs is 1. The number of methoxy groups -OCH3 is 1. The van der Waals surface area contributed by atoms with E-state index in [0.717, 1.165) is 22.3 Å². The fourth-order valence-electron chi connectivity index (χ4n) is 1.92. The van der Waals surface area contributed by atoms with E-state index in [1.54, 1.807) is 13.3 Å². The van der Waals surface area contributed by atoms with Gasteiger partial charge in [0.1, 0.15) is 11.5 Å². The van der Waals surface area contributed by atoms with E-state index < -0.39 is 0 Å². The second kappa shape index (κ2) is 5.17. The predicted octanol–water partition coefficient (Wildman–Crippen LogP) is 3.74. The van der Waals surface area contributed by atoms with E-state index in [2.05, 4.69) is 9.97 Å². The van der Waals surface area contributed by atoms with Crippen LogP contribution in [0.2, 0.25) is 0 Å². The average Bonchev–Trinajstić information content (AvgIpc) is 2.48. The van der Waals surface area contributed by atoms with Crippen LogP contribution in [0.5, 0.6) is 17.4 Å². The molecule has 4 heteroatoms. The normalized spacial score (nSPS) is 10.5. The van der Waals surface area contributed by atoms with Gasteiger partial charge in [0.15, 0.2) is 0 Å². The van der Waals surface area contributed by atoms with Crippen LogP contribution in [0, 0.1) is 6.92 Å². The van der Waals surface area contributed by atoms with Gasteiger partial charge < -0.3 is 9.47 Å². The number of aryl methyl sites for hydroxylation is 1. The van der Waals surface area contributed by atoms with Crippen molar-refractivity contribution in [1.29, 1.82) is 0 Å². The molecule has 3 rings (SSSR count). The van der Waals surface area contributed by atoms with Crippen LogP contribution in [-0.4, -0.2) is 17.1 Å². The summed E-state index contributed by atoms with van der Waals surface area (Å²) in [5.41, 5.74) is 2.85. The molecule has 0 atom stereocenters. The highest BCUT2D eigenvalue weighted by Gasteiger charge is 2.03. The first kappa shape index (κ1) is 12.4. The van der Waals surface area contributed by atoms with Gasteiger partial charge in [0.05, 0.1) is 24.3 Å². The van der Waals surface area contributed by atoms with E-state index in [9.17, 15) is 0 Å². The summed E-state index contributed by atoms with van der Waals surface area (Å²) in [6.45, 7) is 2.03. The van der Waals surface area contributed by atoms with E-state index in [1.165, 1.54) is 0 Å².